The standard InChI is InChI=1S/C16H23FN2O/c1-12-4-2-3-7-19(12)15-10-18(11-15)9-13-8-14(17)5-6-16(13)20/h5-6,8,12,15,20H,2-4,7,9-11H2,1H3/t12-/m1/s1. The normalized spacial score (nSPS) is 25.6. The highest BCUT2D eigenvalue weighted by Gasteiger charge is 2.35. The van der Waals surface area contributed by atoms with Crippen molar-refractivity contribution in [3.8, 4) is 5.75 Å². The predicted molar refractivity (Wildman–Crippen MR) is 77.1 cm³/mol. The number of aromatic hydroxyl groups is 1. The third-order valence-corrected chi connectivity index (χ3v) is 4.70. The fourth-order valence-corrected chi connectivity index (χ4v) is 3.47. The minimum atomic E-state index is -0.278. The Balaban J connectivity index is 1.54. The van der Waals surface area contributed by atoms with Crippen molar-refractivity contribution in [1.29, 1.82) is 0 Å². The molecule has 0 spiro atoms. The smallest absolute Gasteiger partial charge is 0.123 e. The van der Waals surface area contributed by atoms with E-state index in [1.54, 1.807) is 0 Å². The molecule has 2 heterocycles. The van der Waals surface area contributed by atoms with Gasteiger partial charge >= 0.3 is 0 Å². The Labute approximate surface area is 120 Å². The van der Waals surface area contributed by atoms with Crippen LogP contribution in [0.1, 0.15) is 31.7 Å². The molecule has 2 fully saturated rings. The number of hydrogen-bond donors (Lipinski definition) is 1. The molecule has 0 aromatic heterocycles. The summed E-state index contributed by atoms with van der Waals surface area (Å²) >= 11 is 0. The number of phenolic OH excluding ortho intramolecular Hbond substituents is 1. The van der Waals surface area contributed by atoms with E-state index in [0.29, 0.717) is 24.2 Å². The number of phenols is 1. The molecule has 1 aromatic rings. The van der Waals surface area contributed by atoms with Crippen molar-refractivity contribution in [2.24, 2.45) is 0 Å². The topological polar surface area (TPSA) is 26.7 Å². The number of rotatable bonds is 3. The lowest BCUT2D eigenvalue weighted by molar-refractivity contribution is -0.00650. The Morgan fingerprint density at radius 2 is 2.10 bits per heavy atom. The molecule has 0 unspecified atom stereocenters. The van der Waals surface area contributed by atoms with Gasteiger partial charge in [-0.15, -0.1) is 0 Å². The summed E-state index contributed by atoms with van der Waals surface area (Å²) in [5.74, 6) is -0.0827. The second-order valence-electron chi connectivity index (χ2n) is 6.20. The van der Waals surface area contributed by atoms with Crippen LogP contribution < -0.4 is 0 Å². The number of likely N-dealkylation sites (tertiary alicyclic amines) is 2. The summed E-state index contributed by atoms with van der Waals surface area (Å²) in [5.41, 5.74) is 0.690. The van der Waals surface area contributed by atoms with Gasteiger partial charge in [-0.25, -0.2) is 4.39 Å². The summed E-state index contributed by atoms with van der Waals surface area (Å²) in [6.07, 6.45) is 3.97. The van der Waals surface area contributed by atoms with Gasteiger partial charge < -0.3 is 5.11 Å². The molecule has 3 nitrogen and oxygen atoms in total. The molecule has 0 bridgehead atoms. The van der Waals surface area contributed by atoms with E-state index in [9.17, 15) is 9.50 Å². The lowest BCUT2D eigenvalue weighted by Crippen LogP contribution is -2.61. The van der Waals surface area contributed by atoms with Crippen LogP contribution in [0.3, 0.4) is 0 Å². The zero-order chi connectivity index (χ0) is 14.1. The monoisotopic (exact) mass is 278 g/mol. The highest BCUT2D eigenvalue weighted by atomic mass is 19.1. The summed E-state index contributed by atoms with van der Waals surface area (Å²) in [6.45, 7) is 6.23. The fourth-order valence-electron chi connectivity index (χ4n) is 3.47. The van der Waals surface area contributed by atoms with Crippen LogP contribution in [0.2, 0.25) is 0 Å². The van der Waals surface area contributed by atoms with Crippen LogP contribution in [0, 0.1) is 5.82 Å². The van der Waals surface area contributed by atoms with E-state index in [1.807, 2.05) is 0 Å². The van der Waals surface area contributed by atoms with Crippen LogP contribution in [-0.4, -0.2) is 46.6 Å². The van der Waals surface area contributed by atoms with E-state index in [0.717, 1.165) is 13.1 Å². The lowest BCUT2D eigenvalue weighted by Gasteiger charge is -2.49. The molecule has 0 amide bonds. The minimum absolute atomic E-state index is 0.196. The zero-order valence-corrected chi connectivity index (χ0v) is 12.1. The molecule has 20 heavy (non-hydrogen) atoms. The average molecular weight is 278 g/mol. The van der Waals surface area contributed by atoms with Crippen molar-refractivity contribution < 1.29 is 9.50 Å². The number of nitrogens with zero attached hydrogens (tertiary/aromatic N) is 2. The number of hydrogen-bond acceptors (Lipinski definition) is 3. The van der Waals surface area contributed by atoms with Crippen LogP contribution in [0.5, 0.6) is 5.75 Å². The number of piperidine rings is 1. The second-order valence-corrected chi connectivity index (χ2v) is 6.20. The molecule has 110 valence electrons. The van der Waals surface area contributed by atoms with Gasteiger partial charge in [-0.2, -0.15) is 0 Å². The predicted octanol–water partition coefficient (Wildman–Crippen LogP) is 2.59. The van der Waals surface area contributed by atoms with E-state index >= 15 is 0 Å². The van der Waals surface area contributed by atoms with Gasteiger partial charge in [-0.05, 0) is 44.5 Å². The molecule has 0 radical (unpaired) electrons. The first-order valence-corrected chi connectivity index (χ1v) is 7.59. The van der Waals surface area contributed by atoms with Crippen molar-refractivity contribution in [3.05, 3.63) is 29.6 Å². The Hall–Kier alpha value is -1.13. The summed E-state index contributed by atoms with van der Waals surface area (Å²) < 4.78 is 13.2. The van der Waals surface area contributed by atoms with Gasteiger partial charge in [-0.1, -0.05) is 6.42 Å². The van der Waals surface area contributed by atoms with Crippen molar-refractivity contribution >= 4 is 0 Å². The van der Waals surface area contributed by atoms with Gasteiger partial charge in [0, 0.05) is 37.3 Å². The maximum atomic E-state index is 13.2. The Morgan fingerprint density at radius 3 is 2.85 bits per heavy atom. The fraction of sp³-hybridized carbons (Fsp3) is 0.625. The van der Waals surface area contributed by atoms with Crippen LogP contribution >= 0.6 is 0 Å². The van der Waals surface area contributed by atoms with Gasteiger partial charge in [-0.3, -0.25) is 9.80 Å². The zero-order valence-electron chi connectivity index (χ0n) is 12.1. The molecule has 1 atom stereocenters. The second kappa shape index (κ2) is 5.70. The summed E-state index contributed by atoms with van der Waals surface area (Å²) in [7, 11) is 0. The third kappa shape index (κ3) is 2.81. The molecular formula is C16H23FN2O. The van der Waals surface area contributed by atoms with Crippen molar-refractivity contribution in [3.63, 3.8) is 0 Å². The first kappa shape index (κ1) is 13.8. The number of halogens is 1. The minimum Gasteiger partial charge on any atom is -0.508 e. The van der Waals surface area contributed by atoms with Gasteiger partial charge in [0.15, 0.2) is 0 Å². The SMILES string of the molecule is C[C@@H]1CCCCN1C1CN(Cc2cc(F)ccc2O)C1. The van der Waals surface area contributed by atoms with Crippen molar-refractivity contribution in [2.45, 2.75) is 44.8 Å². The summed E-state index contributed by atoms with van der Waals surface area (Å²) in [4.78, 5) is 4.89. The largest absolute Gasteiger partial charge is 0.508 e. The average Bonchev–Trinajstić information content (AvgIpc) is 2.38. The van der Waals surface area contributed by atoms with Gasteiger partial charge in [0.2, 0.25) is 0 Å². The Morgan fingerprint density at radius 1 is 1.30 bits per heavy atom. The van der Waals surface area contributed by atoms with Gasteiger partial charge in [0.1, 0.15) is 11.6 Å². The van der Waals surface area contributed by atoms with Crippen LogP contribution in [0.15, 0.2) is 18.2 Å². The maximum absolute atomic E-state index is 13.2. The van der Waals surface area contributed by atoms with E-state index in [1.165, 1.54) is 44.0 Å². The van der Waals surface area contributed by atoms with Crippen LogP contribution in [-0.2, 0) is 6.54 Å². The lowest BCUT2D eigenvalue weighted by atomic mass is 9.97. The molecule has 1 N–H and O–H groups in total. The van der Waals surface area contributed by atoms with Gasteiger partial charge in [0.25, 0.3) is 0 Å². The van der Waals surface area contributed by atoms with Crippen LogP contribution in [0.4, 0.5) is 4.39 Å². The third-order valence-electron chi connectivity index (χ3n) is 4.70. The molecule has 2 aliphatic heterocycles. The van der Waals surface area contributed by atoms with Gasteiger partial charge in [0.05, 0.1) is 0 Å². The highest BCUT2D eigenvalue weighted by molar-refractivity contribution is 5.32. The first-order chi connectivity index (χ1) is 9.63. The molecule has 4 heteroatoms. The van der Waals surface area contributed by atoms with Crippen molar-refractivity contribution in [2.75, 3.05) is 19.6 Å². The van der Waals surface area contributed by atoms with E-state index in [4.69, 9.17) is 0 Å². The summed E-state index contributed by atoms with van der Waals surface area (Å²) in [6, 6.07) is 5.51. The Bertz CT molecular complexity index is 474. The Kier molecular flexibility index (Phi) is 3.94. The van der Waals surface area contributed by atoms with E-state index in [-0.39, 0.29) is 11.6 Å². The maximum Gasteiger partial charge on any atom is 0.123 e. The molecule has 0 aliphatic carbocycles. The molecular weight excluding hydrogens is 255 g/mol. The highest BCUT2D eigenvalue weighted by Crippen LogP contribution is 2.27. The van der Waals surface area contributed by atoms with E-state index < -0.39 is 0 Å². The molecule has 3 rings (SSSR count). The van der Waals surface area contributed by atoms with E-state index in [2.05, 4.69) is 16.7 Å². The molecule has 2 aliphatic rings. The summed E-state index contributed by atoms with van der Waals surface area (Å²) in [5, 5.41) is 9.76. The molecule has 2 saturated heterocycles. The first-order valence-electron chi connectivity index (χ1n) is 7.59. The van der Waals surface area contributed by atoms with Crippen molar-refractivity contribution in [1.82, 2.24) is 9.80 Å². The molecule has 0 saturated carbocycles. The quantitative estimate of drug-likeness (QED) is 0.920. The van der Waals surface area contributed by atoms with Crippen LogP contribution in [0.25, 0.3) is 0 Å². The molecule has 1 aromatic carbocycles. The number of benzene rings is 1.